The van der Waals surface area contributed by atoms with Crippen molar-refractivity contribution < 1.29 is 0 Å². The Labute approximate surface area is 119 Å². The van der Waals surface area contributed by atoms with Crippen LogP contribution < -0.4 is 5.73 Å². The summed E-state index contributed by atoms with van der Waals surface area (Å²) in [6.45, 7) is 6.36. The first kappa shape index (κ1) is 14.1. The van der Waals surface area contributed by atoms with Gasteiger partial charge in [-0.3, -0.25) is 4.98 Å². The van der Waals surface area contributed by atoms with Crippen molar-refractivity contribution in [3.05, 3.63) is 53.9 Å². The molecule has 1 unspecified atom stereocenters. The van der Waals surface area contributed by atoms with Crippen LogP contribution in [0.2, 0.25) is 0 Å². The minimum absolute atomic E-state index is 0.00984. The van der Waals surface area contributed by atoms with Crippen LogP contribution in [0.15, 0.2) is 52.4 Å². The molecule has 0 saturated carbocycles. The Balaban J connectivity index is 2.08. The normalized spacial score (nSPS) is 12.7. The van der Waals surface area contributed by atoms with Gasteiger partial charge < -0.3 is 5.73 Å². The zero-order valence-electron chi connectivity index (χ0n) is 11.6. The van der Waals surface area contributed by atoms with Gasteiger partial charge in [0.05, 0.1) is 5.69 Å². The van der Waals surface area contributed by atoms with E-state index in [1.54, 1.807) is 11.8 Å². The fourth-order valence-corrected chi connectivity index (χ4v) is 2.56. The molecule has 2 nitrogen and oxygen atoms in total. The molecular formula is C16H20N2S. The Hall–Kier alpha value is -1.32. The molecule has 2 aromatic rings. The molecule has 0 saturated heterocycles. The Morgan fingerprint density at radius 1 is 0.947 bits per heavy atom. The first-order valence-electron chi connectivity index (χ1n) is 6.55. The molecule has 1 heterocycles. The van der Waals surface area contributed by atoms with Crippen molar-refractivity contribution >= 4 is 11.8 Å². The summed E-state index contributed by atoms with van der Waals surface area (Å²) < 4.78 is 0. The van der Waals surface area contributed by atoms with E-state index < -0.39 is 0 Å². The molecule has 0 aliphatic rings. The molecule has 100 valence electrons. The van der Waals surface area contributed by atoms with Gasteiger partial charge in [-0.25, -0.2) is 0 Å². The van der Waals surface area contributed by atoms with Crippen LogP contribution in [0.25, 0.3) is 0 Å². The van der Waals surface area contributed by atoms with Crippen LogP contribution in [0.5, 0.6) is 0 Å². The highest BCUT2D eigenvalue weighted by Crippen LogP contribution is 2.28. The Kier molecular flexibility index (Phi) is 4.61. The maximum absolute atomic E-state index is 5.79. The van der Waals surface area contributed by atoms with E-state index in [4.69, 9.17) is 5.73 Å². The maximum Gasteiger partial charge on any atom is 0.0569 e. The van der Waals surface area contributed by atoms with Gasteiger partial charge in [0.25, 0.3) is 0 Å². The van der Waals surface area contributed by atoms with Crippen molar-refractivity contribution in [2.24, 2.45) is 5.73 Å². The standard InChI is InChI=1S/C16H20N2S/c1-11(2)13-4-6-14(7-5-13)19-15-8-9-16(12(3)17)18-10-15/h4-12H,17H2,1-3H3. The van der Waals surface area contributed by atoms with Crippen molar-refractivity contribution in [2.45, 2.75) is 42.5 Å². The van der Waals surface area contributed by atoms with Crippen LogP contribution in [0.1, 0.15) is 44.0 Å². The summed E-state index contributed by atoms with van der Waals surface area (Å²) in [5.74, 6) is 0.575. The Morgan fingerprint density at radius 2 is 1.58 bits per heavy atom. The summed E-state index contributed by atoms with van der Waals surface area (Å²) in [4.78, 5) is 6.75. The zero-order valence-corrected chi connectivity index (χ0v) is 12.4. The van der Waals surface area contributed by atoms with Crippen molar-refractivity contribution in [2.75, 3.05) is 0 Å². The van der Waals surface area contributed by atoms with Crippen LogP contribution in [-0.4, -0.2) is 4.98 Å². The summed E-state index contributed by atoms with van der Waals surface area (Å²) in [6, 6.07) is 12.8. The summed E-state index contributed by atoms with van der Waals surface area (Å²) in [7, 11) is 0. The Morgan fingerprint density at radius 3 is 2.05 bits per heavy atom. The van der Waals surface area contributed by atoms with Crippen LogP contribution >= 0.6 is 11.8 Å². The molecule has 1 aromatic carbocycles. The van der Waals surface area contributed by atoms with E-state index in [1.807, 2.05) is 19.2 Å². The first-order chi connectivity index (χ1) is 9.06. The lowest BCUT2D eigenvalue weighted by Crippen LogP contribution is -2.06. The Bertz CT molecular complexity index is 466. The fourth-order valence-electron chi connectivity index (χ4n) is 1.78. The number of benzene rings is 1. The lowest BCUT2D eigenvalue weighted by atomic mass is 10.0. The van der Waals surface area contributed by atoms with E-state index in [0.717, 1.165) is 10.6 Å². The highest BCUT2D eigenvalue weighted by molar-refractivity contribution is 7.99. The zero-order chi connectivity index (χ0) is 13.8. The highest BCUT2D eigenvalue weighted by Gasteiger charge is 2.03. The number of rotatable bonds is 4. The molecule has 0 aliphatic heterocycles. The molecule has 2 rings (SSSR count). The van der Waals surface area contributed by atoms with Crippen molar-refractivity contribution in [3.8, 4) is 0 Å². The fraction of sp³-hybridized carbons (Fsp3) is 0.312. The van der Waals surface area contributed by atoms with Gasteiger partial charge in [-0.15, -0.1) is 0 Å². The quantitative estimate of drug-likeness (QED) is 0.898. The summed E-state index contributed by atoms with van der Waals surface area (Å²) in [5.41, 5.74) is 8.09. The van der Waals surface area contributed by atoms with E-state index in [2.05, 4.69) is 49.2 Å². The molecule has 0 spiro atoms. The van der Waals surface area contributed by atoms with E-state index in [1.165, 1.54) is 10.5 Å². The summed E-state index contributed by atoms with van der Waals surface area (Å²) in [6.07, 6.45) is 1.89. The lowest BCUT2D eigenvalue weighted by molar-refractivity contribution is 0.777. The van der Waals surface area contributed by atoms with Crippen LogP contribution in [0.3, 0.4) is 0 Å². The third-order valence-corrected chi connectivity index (χ3v) is 3.99. The SMILES string of the molecule is CC(C)c1ccc(Sc2ccc(C(C)N)nc2)cc1. The van der Waals surface area contributed by atoms with Gasteiger partial charge in [-0.2, -0.15) is 0 Å². The number of nitrogens with two attached hydrogens (primary N) is 1. The first-order valence-corrected chi connectivity index (χ1v) is 7.37. The van der Waals surface area contributed by atoms with Crippen LogP contribution in [-0.2, 0) is 0 Å². The minimum Gasteiger partial charge on any atom is -0.323 e. The van der Waals surface area contributed by atoms with Crippen LogP contribution in [0, 0.1) is 0 Å². The minimum atomic E-state index is -0.00984. The molecule has 1 aromatic heterocycles. The molecule has 0 radical (unpaired) electrons. The summed E-state index contributed by atoms with van der Waals surface area (Å²) in [5, 5.41) is 0. The molecule has 19 heavy (non-hydrogen) atoms. The largest absolute Gasteiger partial charge is 0.323 e. The second-order valence-electron chi connectivity index (χ2n) is 5.03. The van der Waals surface area contributed by atoms with E-state index in [0.29, 0.717) is 5.92 Å². The van der Waals surface area contributed by atoms with Crippen molar-refractivity contribution in [1.82, 2.24) is 4.98 Å². The predicted molar refractivity (Wildman–Crippen MR) is 81.5 cm³/mol. The molecule has 0 aliphatic carbocycles. The van der Waals surface area contributed by atoms with Gasteiger partial charge in [0.1, 0.15) is 0 Å². The van der Waals surface area contributed by atoms with Gasteiger partial charge in [0, 0.05) is 22.0 Å². The molecule has 0 bridgehead atoms. The molecular weight excluding hydrogens is 252 g/mol. The van der Waals surface area contributed by atoms with Gasteiger partial charge in [0.15, 0.2) is 0 Å². The number of hydrogen-bond acceptors (Lipinski definition) is 3. The smallest absolute Gasteiger partial charge is 0.0569 e. The van der Waals surface area contributed by atoms with Crippen molar-refractivity contribution in [1.29, 1.82) is 0 Å². The molecule has 2 N–H and O–H groups in total. The molecule has 1 atom stereocenters. The molecule has 3 heteroatoms. The third kappa shape index (κ3) is 3.82. The average Bonchev–Trinajstić information content (AvgIpc) is 2.40. The van der Waals surface area contributed by atoms with Gasteiger partial charge >= 0.3 is 0 Å². The number of hydrogen-bond donors (Lipinski definition) is 1. The van der Waals surface area contributed by atoms with E-state index in [-0.39, 0.29) is 6.04 Å². The number of nitrogens with zero attached hydrogens (tertiary/aromatic N) is 1. The van der Waals surface area contributed by atoms with E-state index >= 15 is 0 Å². The lowest BCUT2D eigenvalue weighted by Gasteiger charge is -2.08. The average molecular weight is 272 g/mol. The van der Waals surface area contributed by atoms with Gasteiger partial charge in [0.2, 0.25) is 0 Å². The monoisotopic (exact) mass is 272 g/mol. The number of pyridine rings is 1. The molecule has 0 amide bonds. The summed E-state index contributed by atoms with van der Waals surface area (Å²) >= 11 is 1.73. The third-order valence-electron chi connectivity index (χ3n) is 3.01. The van der Waals surface area contributed by atoms with Crippen molar-refractivity contribution in [3.63, 3.8) is 0 Å². The van der Waals surface area contributed by atoms with E-state index in [9.17, 15) is 0 Å². The molecule has 0 fully saturated rings. The van der Waals surface area contributed by atoms with Gasteiger partial charge in [-0.05, 0) is 42.7 Å². The van der Waals surface area contributed by atoms with Gasteiger partial charge in [-0.1, -0.05) is 37.7 Å². The predicted octanol–water partition coefficient (Wildman–Crippen LogP) is 4.38. The second-order valence-corrected chi connectivity index (χ2v) is 6.18. The highest BCUT2D eigenvalue weighted by atomic mass is 32.2. The topological polar surface area (TPSA) is 38.9 Å². The number of aromatic nitrogens is 1. The second kappa shape index (κ2) is 6.22. The maximum atomic E-state index is 5.79. The van der Waals surface area contributed by atoms with Crippen LogP contribution in [0.4, 0.5) is 0 Å².